The molecule has 1 N–H and O–H groups in total. The van der Waals surface area contributed by atoms with E-state index in [2.05, 4.69) is 6.58 Å². The van der Waals surface area contributed by atoms with E-state index < -0.39 is 0 Å². The van der Waals surface area contributed by atoms with E-state index in [-0.39, 0.29) is 0 Å². The van der Waals surface area contributed by atoms with Crippen LogP contribution >= 0.6 is 0 Å². The highest BCUT2D eigenvalue weighted by Gasteiger charge is 1.97. The molecule has 0 spiro atoms. The van der Waals surface area contributed by atoms with Gasteiger partial charge < -0.3 is 5.11 Å². The molecule has 0 aromatic heterocycles. The van der Waals surface area contributed by atoms with Crippen molar-refractivity contribution in [3.05, 3.63) is 35.9 Å². The Morgan fingerprint density at radius 1 is 1.45 bits per heavy atom. The molecule has 1 nitrogen and oxygen atoms in total. The molecule has 0 bridgehead atoms. The van der Waals surface area contributed by atoms with Crippen LogP contribution < -0.4 is 0 Å². The van der Waals surface area contributed by atoms with Gasteiger partial charge >= 0.3 is 0 Å². The summed E-state index contributed by atoms with van der Waals surface area (Å²) in [6.07, 6.45) is 0. The number of aromatic hydroxyl groups is 1. The highest BCUT2D eigenvalue weighted by atomic mass is 16.3. The first-order valence-electron chi connectivity index (χ1n) is 3.57. The van der Waals surface area contributed by atoms with Gasteiger partial charge in [-0.25, -0.2) is 0 Å². The molecule has 1 aromatic carbocycles. The quantitative estimate of drug-likeness (QED) is 0.649. The monoisotopic (exact) mass is 148 g/mol. The Morgan fingerprint density at radius 2 is 2.09 bits per heavy atom. The molecule has 0 fully saturated rings. The second-order valence-electron chi connectivity index (χ2n) is 2.78. The van der Waals surface area contributed by atoms with Crippen molar-refractivity contribution in [1.82, 2.24) is 0 Å². The van der Waals surface area contributed by atoms with Crippen LogP contribution in [0, 0.1) is 6.92 Å². The van der Waals surface area contributed by atoms with Crippen LogP contribution in [0.4, 0.5) is 0 Å². The minimum absolute atomic E-state index is 0.338. The first kappa shape index (κ1) is 7.86. The molecule has 0 heterocycles. The zero-order valence-electron chi connectivity index (χ0n) is 6.89. The number of aryl methyl sites for hydroxylation is 1. The molecule has 1 heteroatoms. The van der Waals surface area contributed by atoms with Crippen molar-refractivity contribution >= 4 is 5.57 Å². The van der Waals surface area contributed by atoms with E-state index in [9.17, 15) is 5.11 Å². The van der Waals surface area contributed by atoms with Gasteiger partial charge in [0.25, 0.3) is 0 Å². The van der Waals surface area contributed by atoms with Gasteiger partial charge in [0.2, 0.25) is 0 Å². The fraction of sp³-hybridized carbons (Fsp3) is 0.200. The lowest BCUT2D eigenvalue weighted by Crippen LogP contribution is -1.79. The topological polar surface area (TPSA) is 20.2 Å². The number of phenolic OH excluding ortho intramolecular Hbond substituents is 1. The van der Waals surface area contributed by atoms with Crippen LogP contribution in [0.15, 0.2) is 24.8 Å². The van der Waals surface area contributed by atoms with E-state index in [4.69, 9.17) is 0 Å². The van der Waals surface area contributed by atoms with Gasteiger partial charge in [-0.15, -0.1) is 0 Å². The van der Waals surface area contributed by atoms with E-state index in [0.29, 0.717) is 5.75 Å². The largest absolute Gasteiger partial charge is 0.508 e. The molecule has 11 heavy (non-hydrogen) atoms. The van der Waals surface area contributed by atoms with Crippen LogP contribution in [0.3, 0.4) is 0 Å². The Morgan fingerprint density at radius 3 is 2.55 bits per heavy atom. The molecule has 1 aromatic rings. The fourth-order valence-electron chi connectivity index (χ4n) is 0.875. The number of hydrogen-bond donors (Lipinski definition) is 1. The Labute approximate surface area is 67.0 Å². The summed E-state index contributed by atoms with van der Waals surface area (Å²) in [6.45, 7) is 7.58. The van der Waals surface area contributed by atoms with Crippen molar-refractivity contribution in [2.45, 2.75) is 13.8 Å². The fourth-order valence-corrected chi connectivity index (χ4v) is 0.875. The summed E-state index contributed by atoms with van der Waals surface area (Å²) in [7, 11) is 0. The van der Waals surface area contributed by atoms with E-state index in [1.165, 1.54) is 0 Å². The molecular weight excluding hydrogens is 136 g/mol. The number of allylic oxidation sites excluding steroid dienone is 1. The van der Waals surface area contributed by atoms with Gasteiger partial charge in [0.05, 0.1) is 0 Å². The van der Waals surface area contributed by atoms with E-state index >= 15 is 0 Å². The van der Waals surface area contributed by atoms with Crippen molar-refractivity contribution in [2.24, 2.45) is 0 Å². The molecule has 58 valence electrons. The van der Waals surface area contributed by atoms with Gasteiger partial charge in [-0.1, -0.05) is 24.3 Å². The summed E-state index contributed by atoms with van der Waals surface area (Å²) < 4.78 is 0. The Kier molecular flexibility index (Phi) is 1.99. The third-order valence-electron chi connectivity index (χ3n) is 1.70. The van der Waals surface area contributed by atoms with E-state index in [1.54, 1.807) is 6.07 Å². The van der Waals surface area contributed by atoms with Gasteiger partial charge in [0.1, 0.15) is 5.75 Å². The van der Waals surface area contributed by atoms with Crippen LogP contribution in [-0.4, -0.2) is 5.11 Å². The van der Waals surface area contributed by atoms with Crippen molar-refractivity contribution in [3.63, 3.8) is 0 Å². The van der Waals surface area contributed by atoms with E-state index in [0.717, 1.165) is 16.7 Å². The lowest BCUT2D eigenvalue weighted by molar-refractivity contribution is 0.471. The summed E-state index contributed by atoms with van der Waals surface area (Å²) in [5, 5.41) is 9.31. The van der Waals surface area contributed by atoms with Crippen LogP contribution in [0.25, 0.3) is 5.57 Å². The molecule has 0 atom stereocenters. The molecule has 0 saturated heterocycles. The van der Waals surface area contributed by atoms with E-state index in [1.807, 2.05) is 26.0 Å². The summed E-state index contributed by atoms with van der Waals surface area (Å²) in [5.41, 5.74) is 2.86. The van der Waals surface area contributed by atoms with Gasteiger partial charge in [-0.05, 0) is 31.0 Å². The smallest absolute Gasteiger partial charge is 0.119 e. The van der Waals surface area contributed by atoms with Crippen LogP contribution in [-0.2, 0) is 0 Å². The maximum atomic E-state index is 9.31. The number of benzene rings is 1. The van der Waals surface area contributed by atoms with Crippen molar-refractivity contribution in [1.29, 1.82) is 0 Å². The van der Waals surface area contributed by atoms with Crippen LogP contribution in [0.1, 0.15) is 18.1 Å². The zero-order valence-corrected chi connectivity index (χ0v) is 6.89. The maximum absolute atomic E-state index is 9.31. The van der Waals surface area contributed by atoms with Gasteiger partial charge in [-0.2, -0.15) is 0 Å². The molecule has 0 aliphatic carbocycles. The summed E-state index contributed by atoms with van der Waals surface area (Å²) >= 11 is 0. The molecule has 0 saturated carbocycles. The third kappa shape index (κ3) is 1.61. The number of rotatable bonds is 1. The van der Waals surface area contributed by atoms with Crippen molar-refractivity contribution in [3.8, 4) is 5.75 Å². The minimum atomic E-state index is 0.338. The average molecular weight is 148 g/mol. The SMILES string of the molecule is C=C(C)c1ccc(C)c(O)c1. The predicted molar refractivity (Wildman–Crippen MR) is 47.6 cm³/mol. The second-order valence-corrected chi connectivity index (χ2v) is 2.78. The molecular formula is C10H12O. The molecule has 0 aliphatic heterocycles. The first-order valence-corrected chi connectivity index (χ1v) is 3.57. The highest BCUT2D eigenvalue weighted by Crippen LogP contribution is 2.21. The van der Waals surface area contributed by atoms with Gasteiger partial charge in [0, 0.05) is 0 Å². The van der Waals surface area contributed by atoms with Crippen LogP contribution in [0.5, 0.6) is 5.75 Å². The summed E-state index contributed by atoms with van der Waals surface area (Å²) in [4.78, 5) is 0. The Hall–Kier alpha value is -1.24. The summed E-state index contributed by atoms with van der Waals surface area (Å²) in [6, 6.07) is 5.58. The van der Waals surface area contributed by atoms with Crippen molar-refractivity contribution < 1.29 is 5.11 Å². The van der Waals surface area contributed by atoms with Gasteiger partial charge in [-0.3, -0.25) is 0 Å². The highest BCUT2D eigenvalue weighted by molar-refractivity contribution is 5.63. The van der Waals surface area contributed by atoms with Gasteiger partial charge in [0.15, 0.2) is 0 Å². The first-order chi connectivity index (χ1) is 5.11. The average Bonchev–Trinajstić information content (AvgIpc) is 1.94. The van der Waals surface area contributed by atoms with Crippen molar-refractivity contribution in [2.75, 3.05) is 0 Å². The third-order valence-corrected chi connectivity index (χ3v) is 1.70. The lowest BCUT2D eigenvalue weighted by atomic mass is 10.1. The second kappa shape index (κ2) is 2.79. The normalized spacial score (nSPS) is 9.64. The molecule has 0 aliphatic rings. The molecule has 0 unspecified atom stereocenters. The Bertz CT molecular complexity index is 287. The molecule has 1 rings (SSSR count). The molecule has 0 radical (unpaired) electrons. The predicted octanol–water partition coefficient (Wildman–Crippen LogP) is 2.73. The maximum Gasteiger partial charge on any atom is 0.119 e. The number of hydrogen-bond acceptors (Lipinski definition) is 1. The summed E-state index contributed by atoms with van der Waals surface area (Å²) in [5.74, 6) is 0.338. The lowest BCUT2D eigenvalue weighted by Gasteiger charge is -2.02. The minimum Gasteiger partial charge on any atom is -0.508 e. The standard InChI is InChI=1S/C10H12O/c1-7(2)9-5-4-8(3)10(11)6-9/h4-6,11H,1H2,2-3H3. The van der Waals surface area contributed by atoms with Crippen LogP contribution in [0.2, 0.25) is 0 Å². The zero-order chi connectivity index (χ0) is 8.43. The molecule has 0 amide bonds. The number of phenols is 1. The Balaban J connectivity index is 3.15.